The molecule has 1 aromatic heterocycles. The van der Waals surface area contributed by atoms with Crippen molar-refractivity contribution in [1.29, 1.82) is 0 Å². The number of nitrogens with one attached hydrogen (secondary N) is 1. The number of likely N-dealkylation sites (tertiary alicyclic amines) is 1. The number of aromatic nitrogens is 1. The smallest absolute Gasteiger partial charge is 0.0487 e. The van der Waals surface area contributed by atoms with E-state index in [1.807, 2.05) is 0 Å². The molecule has 1 aliphatic rings. The molecule has 1 saturated heterocycles. The maximum absolute atomic E-state index is 6.31. The van der Waals surface area contributed by atoms with Crippen molar-refractivity contribution in [2.45, 2.75) is 45.3 Å². The molecule has 3 heteroatoms. The SMILES string of the molecule is Cc1cc(C)c2[nH]ccc2c1CN1CC[C@H](N)C[C@@H]1c1ccccc1. The molecule has 1 aliphatic heterocycles. The molecular formula is C22H27N3. The Bertz CT molecular complexity index is 866. The van der Waals surface area contributed by atoms with Gasteiger partial charge in [0.1, 0.15) is 0 Å². The molecule has 130 valence electrons. The highest BCUT2D eigenvalue weighted by Crippen LogP contribution is 2.34. The summed E-state index contributed by atoms with van der Waals surface area (Å²) >= 11 is 0. The van der Waals surface area contributed by atoms with E-state index >= 15 is 0 Å². The summed E-state index contributed by atoms with van der Waals surface area (Å²) in [5.41, 5.74) is 13.1. The van der Waals surface area contributed by atoms with Crippen molar-refractivity contribution in [3.8, 4) is 0 Å². The van der Waals surface area contributed by atoms with Gasteiger partial charge in [-0.3, -0.25) is 4.90 Å². The average molecular weight is 333 g/mol. The Hall–Kier alpha value is -2.10. The van der Waals surface area contributed by atoms with Crippen molar-refractivity contribution in [1.82, 2.24) is 9.88 Å². The Morgan fingerprint density at radius 2 is 1.92 bits per heavy atom. The van der Waals surface area contributed by atoms with E-state index in [2.05, 4.69) is 72.4 Å². The Morgan fingerprint density at radius 1 is 1.12 bits per heavy atom. The number of aromatic amines is 1. The third-order valence-electron chi connectivity index (χ3n) is 5.67. The number of nitrogens with zero attached hydrogens (tertiary/aromatic N) is 1. The summed E-state index contributed by atoms with van der Waals surface area (Å²) in [6.07, 6.45) is 4.16. The number of nitrogens with two attached hydrogens (primary N) is 1. The molecule has 0 bridgehead atoms. The van der Waals surface area contributed by atoms with Gasteiger partial charge in [-0.05, 0) is 55.0 Å². The second kappa shape index (κ2) is 6.66. The highest BCUT2D eigenvalue weighted by Gasteiger charge is 2.28. The van der Waals surface area contributed by atoms with Crippen LogP contribution >= 0.6 is 0 Å². The fraction of sp³-hybridized carbons (Fsp3) is 0.364. The van der Waals surface area contributed by atoms with Crippen molar-refractivity contribution in [3.63, 3.8) is 0 Å². The molecule has 2 heterocycles. The Labute approximate surface area is 149 Å². The van der Waals surface area contributed by atoms with Crippen LogP contribution < -0.4 is 5.73 Å². The molecule has 4 rings (SSSR count). The Balaban J connectivity index is 1.70. The number of H-pyrrole nitrogens is 1. The molecule has 3 N–H and O–H groups in total. The van der Waals surface area contributed by atoms with Crippen LogP contribution in [0.5, 0.6) is 0 Å². The third kappa shape index (κ3) is 3.10. The van der Waals surface area contributed by atoms with E-state index in [1.165, 1.54) is 33.2 Å². The average Bonchev–Trinajstić information content (AvgIpc) is 3.10. The number of fused-ring (bicyclic) bond motifs is 1. The van der Waals surface area contributed by atoms with Crippen molar-refractivity contribution in [2.24, 2.45) is 5.73 Å². The van der Waals surface area contributed by atoms with Gasteiger partial charge >= 0.3 is 0 Å². The molecule has 1 fully saturated rings. The minimum absolute atomic E-state index is 0.299. The van der Waals surface area contributed by atoms with Crippen LogP contribution in [0.4, 0.5) is 0 Å². The van der Waals surface area contributed by atoms with E-state index in [4.69, 9.17) is 5.73 Å². The topological polar surface area (TPSA) is 45.0 Å². The molecule has 0 spiro atoms. The number of aryl methyl sites for hydroxylation is 2. The van der Waals surface area contributed by atoms with Crippen LogP contribution in [0.1, 0.15) is 41.1 Å². The van der Waals surface area contributed by atoms with Gasteiger partial charge < -0.3 is 10.7 Å². The van der Waals surface area contributed by atoms with Gasteiger partial charge in [-0.1, -0.05) is 36.4 Å². The van der Waals surface area contributed by atoms with Gasteiger partial charge in [0.25, 0.3) is 0 Å². The fourth-order valence-electron chi connectivity index (χ4n) is 4.31. The summed E-state index contributed by atoms with van der Waals surface area (Å²) in [7, 11) is 0. The number of hydrogen-bond acceptors (Lipinski definition) is 2. The summed E-state index contributed by atoms with van der Waals surface area (Å²) < 4.78 is 0. The second-order valence-electron chi connectivity index (χ2n) is 7.44. The van der Waals surface area contributed by atoms with Gasteiger partial charge in [-0.25, -0.2) is 0 Å². The van der Waals surface area contributed by atoms with Gasteiger partial charge in [-0.15, -0.1) is 0 Å². The molecule has 0 aliphatic carbocycles. The zero-order valence-electron chi connectivity index (χ0n) is 15.1. The molecule has 0 saturated carbocycles. The molecule has 3 nitrogen and oxygen atoms in total. The van der Waals surface area contributed by atoms with E-state index in [9.17, 15) is 0 Å². The standard InChI is InChI=1S/C22H27N3/c1-15-12-16(2)22-19(8-10-24-22)20(15)14-25-11-9-18(23)13-21(25)17-6-4-3-5-7-17/h3-8,10,12,18,21,24H,9,11,13-14,23H2,1-2H3/t18-,21+/m0/s1. The lowest BCUT2D eigenvalue weighted by molar-refractivity contribution is 0.128. The lowest BCUT2D eigenvalue weighted by atomic mass is 9.91. The first kappa shape index (κ1) is 16.4. The molecular weight excluding hydrogens is 306 g/mol. The molecule has 25 heavy (non-hydrogen) atoms. The van der Waals surface area contributed by atoms with Crippen molar-refractivity contribution >= 4 is 10.9 Å². The molecule has 0 unspecified atom stereocenters. The van der Waals surface area contributed by atoms with E-state index in [0.717, 1.165) is 25.9 Å². The van der Waals surface area contributed by atoms with Gasteiger partial charge in [0.05, 0.1) is 0 Å². The lowest BCUT2D eigenvalue weighted by Crippen LogP contribution is -2.41. The zero-order chi connectivity index (χ0) is 17.4. The molecule has 0 radical (unpaired) electrons. The van der Waals surface area contributed by atoms with E-state index < -0.39 is 0 Å². The third-order valence-corrected chi connectivity index (χ3v) is 5.67. The maximum atomic E-state index is 6.31. The molecule has 0 amide bonds. The first-order chi connectivity index (χ1) is 12.1. The Morgan fingerprint density at radius 3 is 2.72 bits per heavy atom. The second-order valence-corrected chi connectivity index (χ2v) is 7.44. The summed E-state index contributed by atoms with van der Waals surface area (Å²) in [5, 5.41) is 1.36. The van der Waals surface area contributed by atoms with Crippen LogP contribution in [0.2, 0.25) is 0 Å². The monoisotopic (exact) mass is 333 g/mol. The molecule has 2 atom stereocenters. The van der Waals surface area contributed by atoms with E-state index in [-0.39, 0.29) is 0 Å². The summed E-state index contributed by atoms with van der Waals surface area (Å²) in [4.78, 5) is 6.02. The highest BCUT2D eigenvalue weighted by molar-refractivity contribution is 5.86. The van der Waals surface area contributed by atoms with Crippen LogP contribution in [0.15, 0.2) is 48.7 Å². The minimum Gasteiger partial charge on any atom is -0.361 e. The highest BCUT2D eigenvalue weighted by atomic mass is 15.2. The number of hydrogen-bond donors (Lipinski definition) is 2. The number of piperidine rings is 1. The maximum Gasteiger partial charge on any atom is 0.0487 e. The van der Waals surface area contributed by atoms with Crippen LogP contribution in [0.25, 0.3) is 10.9 Å². The van der Waals surface area contributed by atoms with Gasteiger partial charge in [-0.2, -0.15) is 0 Å². The normalized spacial score (nSPS) is 21.7. The van der Waals surface area contributed by atoms with Gasteiger partial charge in [0, 0.05) is 42.3 Å². The molecule has 2 aromatic carbocycles. The van der Waals surface area contributed by atoms with E-state index in [1.54, 1.807) is 0 Å². The summed E-state index contributed by atoms with van der Waals surface area (Å²) in [6, 6.07) is 16.1. The summed E-state index contributed by atoms with van der Waals surface area (Å²) in [5.74, 6) is 0. The van der Waals surface area contributed by atoms with Gasteiger partial charge in [0.2, 0.25) is 0 Å². The predicted molar refractivity (Wildman–Crippen MR) is 105 cm³/mol. The lowest BCUT2D eigenvalue weighted by Gasteiger charge is -2.39. The number of rotatable bonds is 3. The van der Waals surface area contributed by atoms with Crippen LogP contribution in [0, 0.1) is 13.8 Å². The van der Waals surface area contributed by atoms with Crippen LogP contribution in [-0.4, -0.2) is 22.5 Å². The first-order valence-corrected chi connectivity index (χ1v) is 9.24. The van der Waals surface area contributed by atoms with Crippen molar-refractivity contribution < 1.29 is 0 Å². The molecule has 3 aromatic rings. The van der Waals surface area contributed by atoms with E-state index in [0.29, 0.717) is 12.1 Å². The first-order valence-electron chi connectivity index (χ1n) is 9.24. The van der Waals surface area contributed by atoms with Crippen molar-refractivity contribution in [3.05, 3.63) is 70.9 Å². The summed E-state index contributed by atoms with van der Waals surface area (Å²) in [6.45, 7) is 6.46. The van der Waals surface area contributed by atoms with Crippen LogP contribution in [0.3, 0.4) is 0 Å². The predicted octanol–water partition coefficient (Wildman–Crippen LogP) is 4.45. The minimum atomic E-state index is 0.299. The quantitative estimate of drug-likeness (QED) is 0.744. The number of benzene rings is 2. The van der Waals surface area contributed by atoms with Crippen molar-refractivity contribution in [2.75, 3.05) is 6.54 Å². The largest absolute Gasteiger partial charge is 0.361 e. The van der Waals surface area contributed by atoms with Gasteiger partial charge in [0.15, 0.2) is 0 Å². The van der Waals surface area contributed by atoms with Crippen LogP contribution in [-0.2, 0) is 6.54 Å². The Kier molecular flexibility index (Phi) is 4.36. The zero-order valence-corrected chi connectivity index (χ0v) is 15.1. The fourth-order valence-corrected chi connectivity index (χ4v) is 4.31.